The van der Waals surface area contributed by atoms with Gasteiger partial charge in [0, 0.05) is 10.9 Å². The maximum atomic E-state index is 5.96. The summed E-state index contributed by atoms with van der Waals surface area (Å²) in [4.78, 5) is 0. The first-order chi connectivity index (χ1) is 9.90. The van der Waals surface area contributed by atoms with E-state index >= 15 is 0 Å². The van der Waals surface area contributed by atoms with Gasteiger partial charge in [0.25, 0.3) is 0 Å². The van der Waals surface area contributed by atoms with Crippen molar-refractivity contribution in [1.82, 2.24) is 0 Å². The lowest BCUT2D eigenvalue weighted by Crippen LogP contribution is -2.10. The minimum atomic E-state index is 0.194. The minimum Gasteiger partial charge on any atom is -0.489 e. The Morgan fingerprint density at radius 1 is 1.00 bits per heavy atom. The molecule has 0 amide bonds. The van der Waals surface area contributed by atoms with Crippen LogP contribution < -0.4 is 4.74 Å². The fraction of sp³-hybridized carbons (Fsp3) is 0.368. The second kappa shape index (κ2) is 6.65. The molecule has 0 aliphatic carbocycles. The summed E-state index contributed by atoms with van der Waals surface area (Å²) in [5.41, 5.74) is 5.19. The Morgan fingerprint density at radius 2 is 1.67 bits per heavy atom. The van der Waals surface area contributed by atoms with E-state index in [1.54, 1.807) is 0 Å². The molecule has 0 bridgehead atoms. The normalized spacial score (nSPS) is 11.5. The predicted octanol–water partition coefficient (Wildman–Crippen LogP) is 5.77. The molecule has 0 N–H and O–H groups in total. The first-order valence-corrected chi connectivity index (χ1v) is 8.40. The average Bonchev–Trinajstić information content (AvgIpc) is 2.45. The lowest BCUT2D eigenvalue weighted by atomic mass is 9.87. The summed E-state index contributed by atoms with van der Waals surface area (Å²) in [5, 5.41) is 0.812. The third kappa shape index (κ3) is 4.34. The van der Waals surface area contributed by atoms with Crippen LogP contribution in [0.15, 0.2) is 42.5 Å². The predicted molar refractivity (Wildman–Crippen MR) is 93.3 cm³/mol. The molecular weight excluding hydrogens is 324 g/mol. The number of aryl methyl sites for hydroxylation is 1. The van der Waals surface area contributed by atoms with E-state index in [-0.39, 0.29) is 5.41 Å². The molecule has 21 heavy (non-hydrogen) atoms. The van der Waals surface area contributed by atoms with Crippen LogP contribution in [0.2, 0.25) is 0 Å². The molecule has 0 aliphatic rings. The van der Waals surface area contributed by atoms with Gasteiger partial charge >= 0.3 is 0 Å². The van der Waals surface area contributed by atoms with Crippen LogP contribution >= 0.6 is 15.9 Å². The lowest BCUT2D eigenvalue weighted by Gasteiger charge is -2.19. The summed E-state index contributed by atoms with van der Waals surface area (Å²) in [7, 11) is 0. The number of benzene rings is 2. The van der Waals surface area contributed by atoms with E-state index < -0.39 is 0 Å². The second-order valence-corrected chi connectivity index (χ2v) is 7.04. The highest BCUT2D eigenvalue weighted by atomic mass is 79.9. The van der Waals surface area contributed by atoms with E-state index in [2.05, 4.69) is 86.1 Å². The lowest BCUT2D eigenvalue weighted by molar-refractivity contribution is 0.304. The van der Waals surface area contributed by atoms with Gasteiger partial charge in [0.15, 0.2) is 0 Å². The molecule has 0 unspecified atom stereocenters. The highest BCUT2D eigenvalue weighted by Gasteiger charge is 2.12. The van der Waals surface area contributed by atoms with Crippen molar-refractivity contribution in [2.45, 2.75) is 45.0 Å². The van der Waals surface area contributed by atoms with Gasteiger partial charge in [-0.25, -0.2) is 0 Å². The molecular formula is C19H23BrO. The van der Waals surface area contributed by atoms with Crippen LogP contribution in [0.25, 0.3) is 0 Å². The van der Waals surface area contributed by atoms with Gasteiger partial charge in [-0.2, -0.15) is 0 Å². The summed E-state index contributed by atoms with van der Waals surface area (Å²) >= 11 is 3.52. The van der Waals surface area contributed by atoms with Crippen molar-refractivity contribution in [3.63, 3.8) is 0 Å². The molecule has 2 heteroatoms. The van der Waals surface area contributed by atoms with Gasteiger partial charge in [-0.15, -0.1) is 0 Å². The molecule has 2 aromatic rings. The van der Waals surface area contributed by atoms with Crippen molar-refractivity contribution in [3.05, 3.63) is 64.7 Å². The van der Waals surface area contributed by atoms with Crippen molar-refractivity contribution in [2.75, 3.05) is 0 Å². The Labute approximate surface area is 136 Å². The Kier molecular flexibility index (Phi) is 5.10. The van der Waals surface area contributed by atoms with Gasteiger partial charge in [-0.05, 0) is 29.5 Å². The molecule has 0 aromatic heterocycles. The Bertz CT molecular complexity index is 594. The summed E-state index contributed by atoms with van der Waals surface area (Å²) in [6, 6.07) is 15.0. The van der Waals surface area contributed by atoms with Crippen molar-refractivity contribution in [1.29, 1.82) is 0 Å². The number of alkyl halides is 1. The molecule has 0 heterocycles. The quantitative estimate of drug-likeness (QED) is 0.638. The van der Waals surface area contributed by atoms with Crippen LogP contribution in [0.3, 0.4) is 0 Å². The Balaban J connectivity index is 2.07. The summed E-state index contributed by atoms with van der Waals surface area (Å²) < 4.78 is 5.96. The van der Waals surface area contributed by atoms with E-state index in [0.29, 0.717) is 6.61 Å². The molecule has 1 nitrogen and oxygen atoms in total. The van der Waals surface area contributed by atoms with Gasteiger partial charge in [0.2, 0.25) is 0 Å². The minimum absolute atomic E-state index is 0.194. The molecule has 2 aromatic carbocycles. The van der Waals surface area contributed by atoms with Gasteiger partial charge in [-0.1, -0.05) is 78.7 Å². The molecule has 0 aliphatic heterocycles. The zero-order chi connectivity index (χ0) is 15.5. The molecule has 0 saturated heterocycles. The maximum Gasteiger partial charge on any atom is 0.123 e. The molecule has 2 rings (SSSR count). The van der Waals surface area contributed by atoms with Crippen LogP contribution in [0.5, 0.6) is 5.75 Å². The van der Waals surface area contributed by atoms with Crippen LogP contribution in [0.4, 0.5) is 0 Å². The standard InChI is InChI=1S/C19H23BrO/c1-14-5-10-18(16(11-14)12-20)21-13-15-6-8-17(9-7-15)19(2,3)4/h5-11H,12-13H2,1-4H3. The highest BCUT2D eigenvalue weighted by Crippen LogP contribution is 2.25. The van der Waals surface area contributed by atoms with Gasteiger partial charge in [-0.3, -0.25) is 0 Å². The van der Waals surface area contributed by atoms with E-state index in [0.717, 1.165) is 11.1 Å². The van der Waals surface area contributed by atoms with Crippen LogP contribution in [0.1, 0.15) is 43.0 Å². The number of halogens is 1. The van der Waals surface area contributed by atoms with Gasteiger partial charge in [0.05, 0.1) is 0 Å². The fourth-order valence-corrected chi connectivity index (χ4v) is 2.65. The van der Waals surface area contributed by atoms with Crippen LogP contribution in [-0.4, -0.2) is 0 Å². The van der Waals surface area contributed by atoms with E-state index in [1.807, 2.05) is 0 Å². The van der Waals surface area contributed by atoms with Crippen molar-refractivity contribution in [3.8, 4) is 5.75 Å². The molecule has 0 radical (unpaired) electrons. The number of hydrogen-bond donors (Lipinski definition) is 0. The number of hydrogen-bond acceptors (Lipinski definition) is 1. The Morgan fingerprint density at radius 3 is 2.24 bits per heavy atom. The molecule has 0 atom stereocenters. The van der Waals surface area contributed by atoms with Gasteiger partial charge in [0.1, 0.15) is 12.4 Å². The van der Waals surface area contributed by atoms with E-state index in [9.17, 15) is 0 Å². The van der Waals surface area contributed by atoms with Crippen LogP contribution in [-0.2, 0) is 17.4 Å². The monoisotopic (exact) mass is 346 g/mol. The van der Waals surface area contributed by atoms with Gasteiger partial charge < -0.3 is 4.74 Å². The summed E-state index contributed by atoms with van der Waals surface area (Å²) in [6.45, 7) is 9.39. The highest BCUT2D eigenvalue weighted by molar-refractivity contribution is 9.08. The number of ether oxygens (including phenoxy) is 1. The maximum absolute atomic E-state index is 5.96. The molecule has 0 saturated carbocycles. The van der Waals surface area contributed by atoms with Crippen molar-refractivity contribution < 1.29 is 4.74 Å². The molecule has 112 valence electrons. The summed E-state index contributed by atoms with van der Waals surface area (Å²) in [6.07, 6.45) is 0. The molecule has 0 fully saturated rings. The first-order valence-electron chi connectivity index (χ1n) is 7.28. The average molecular weight is 347 g/mol. The SMILES string of the molecule is Cc1ccc(OCc2ccc(C(C)(C)C)cc2)c(CBr)c1. The zero-order valence-electron chi connectivity index (χ0n) is 13.2. The smallest absolute Gasteiger partial charge is 0.123 e. The fourth-order valence-electron chi connectivity index (χ4n) is 2.22. The third-order valence-corrected chi connectivity index (χ3v) is 4.18. The zero-order valence-corrected chi connectivity index (χ0v) is 14.8. The topological polar surface area (TPSA) is 9.23 Å². The van der Waals surface area contributed by atoms with Crippen molar-refractivity contribution in [2.24, 2.45) is 0 Å². The molecule has 0 spiro atoms. The summed E-state index contributed by atoms with van der Waals surface area (Å²) in [5.74, 6) is 0.956. The largest absolute Gasteiger partial charge is 0.489 e. The third-order valence-electron chi connectivity index (χ3n) is 3.57. The van der Waals surface area contributed by atoms with Crippen LogP contribution in [0, 0.1) is 6.92 Å². The number of rotatable bonds is 4. The van der Waals surface area contributed by atoms with E-state index in [1.165, 1.54) is 22.3 Å². The Hall–Kier alpha value is -1.28. The first kappa shape index (κ1) is 16.1. The van der Waals surface area contributed by atoms with E-state index in [4.69, 9.17) is 4.74 Å². The second-order valence-electron chi connectivity index (χ2n) is 6.48. The van der Waals surface area contributed by atoms with Crippen molar-refractivity contribution >= 4 is 15.9 Å².